The Labute approximate surface area is 208 Å². The quantitative estimate of drug-likeness (QED) is 0.329. The van der Waals surface area contributed by atoms with Gasteiger partial charge in [-0.1, -0.05) is 27.5 Å². The van der Waals surface area contributed by atoms with Crippen molar-refractivity contribution in [3.05, 3.63) is 88.2 Å². The van der Waals surface area contributed by atoms with Crippen LogP contribution in [0.2, 0.25) is 5.15 Å². The molecule has 13 heteroatoms. The number of carbonyl (C=O) groups excluding carboxylic acids is 1. The van der Waals surface area contributed by atoms with E-state index >= 15 is 0 Å². The highest BCUT2D eigenvalue weighted by Gasteiger charge is 2.16. The van der Waals surface area contributed by atoms with Crippen LogP contribution in [-0.2, 0) is 16.8 Å². The van der Waals surface area contributed by atoms with E-state index in [0.29, 0.717) is 11.4 Å². The fraction of sp³-hybridized carbons (Fsp3) is 0.0476. The summed E-state index contributed by atoms with van der Waals surface area (Å²) in [4.78, 5) is 12.5. The van der Waals surface area contributed by atoms with E-state index in [-0.39, 0.29) is 28.3 Å². The highest BCUT2D eigenvalue weighted by Crippen LogP contribution is 2.19. The summed E-state index contributed by atoms with van der Waals surface area (Å²) in [7, 11) is -3.89. The molecule has 0 fully saturated rings. The van der Waals surface area contributed by atoms with E-state index in [0.717, 1.165) is 4.47 Å². The molecule has 0 saturated carbocycles. The van der Waals surface area contributed by atoms with Gasteiger partial charge in [-0.15, -0.1) is 10.2 Å². The maximum absolute atomic E-state index is 12.5. The molecule has 0 atom stereocenters. The summed E-state index contributed by atoms with van der Waals surface area (Å²) in [6.45, 7) is 0.131. The van der Waals surface area contributed by atoms with Crippen LogP contribution >= 0.6 is 27.5 Å². The number of ether oxygens (including phenoxy) is 1. The molecular weight excluding hydrogens is 548 g/mol. The third kappa shape index (κ3) is 6.10. The van der Waals surface area contributed by atoms with E-state index in [1.165, 1.54) is 41.1 Å². The lowest BCUT2D eigenvalue weighted by Crippen LogP contribution is -2.15. The lowest BCUT2D eigenvalue weighted by Gasteiger charge is -2.08. The molecular formula is C21H16BrClN6O4S. The summed E-state index contributed by atoms with van der Waals surface area (Å²) in [5.74, 6) is 0.242. The number of hydrogen-bond acceptors (Lipinski definition) is 7. The topological polar surface area (TPSA) is 128 Å². The second-order valence-electron chi connectivity index (χ2n) is 6.79. The minimum absolute atomic E-state index is 0.0170. The molecule has 0 spiro atoms. The third-order valence-electron chi connectivity index (χ3n) is 4.34. The van der Waals surface area contributed by atoms with Crippen LogP contribution in [0.25, 0.3) is 0 Å². The zero-order valence-corrected chi connectivity index (χ0v) is 20.4. The summed E-state index contributed by atoms with van der Waals surface area (Å²) in [6.07, 6.45) is 1.62. The molecule has 10 nitrogen and oxygen atoms in total. The number of rotatable bonds is 8. The number of nitrogens with one attached hydrogen (secondary N) is 2. The zero-order valence-electron chi connectivity index (χ0n) is 17.2. The molecule has 2 heterocycles. The Bertz CT molecular complexity index is 1390. The van der Waals surface area contributed by atoms with Gasteiger partial charge in [0.25, 0.3) is 15.9 Å². The molecule has 0 saturated heterocycles. The van der Waals surface area contributed by atoms with E-state index in [4.69, 9.17) is 16.3 Å². The number of halogens is 2. The smallest absolute Gasteiger partial charge is 0.276 e. The number of nitrogens with zero attached hydrogens (tertiary/aromatic N) is 4. The minimum Gasteiger partial charge on any atom is -0.471 e. The Morgan fingerprint density at radius 2 is 1.74 bits per heavy atom. The number of benzene rings is 2. The predicted molar refractivity (Wildman–Crippen MR) is 129 cm³/mol. The van der Waals surface area contributed by atoms with Crippen LogP contribution in [0.5, 0.6) is 5.75 Å². The summed E-state index contributed by atoms with van der Waals surface area (Å²) in [5.41, 5.74) is 0.579. The van der Waals surface area contributed by atoms with E-state index < -0.39 is 15.9 Å². The van der Waals surface area contributed by atoms with Gasteiger partial charge in [-0.05, 0) is 66.7 Å². The van der Waals surface area contributed by atoms with Crippen molar-refractivity contribution in [1.82, 2.24) is 20.0 Å². The molecule has 2 aromatic heterocycles. The van der Waals surface area contributed by atoms with Gasteiger partial charge in [0.15, 0.2) is 23.4 Å². The van der Waals surface area contributed by atoms with Crippen LogP contribution in [0.3, 0.4) is 0 Å². The minimum atomic E-state index is -3.89. The normalized spacial score (nSPS) is 11.1. The van der Waals surface area contributed by atoms with E-state index in [1.54, 1.807) is 12.3 Å². The Hall–Kier alpha value is -3.48. The SMILES string of the molecule is O=C(Nc1ccc(S(=O)(=O)Nc2ccc(Cl)nn2)cc1)c1ccn(COc2ccc(Br)cc2)n1. The molecule has 4 rings (SSSR count). The molecule has 1 amide bonds. The highest BCUT2D eigenvalue weighted by molar-refractivity contribution is 9.10. The standard InChI is InChI=1S/C21H16BrClN6O4S/c22-14-1-5-16(6-2-14)33-13-29-12-11-18(27-29)21(30)24-15-3-7-17(8-4-15)34(31,32)28-20-10-9-19(23)25-26-20/h1-12H,13H2,(H,24,30)(H,26,28). The first-order chi connectivity index (χ1) is 16.3. The predicted octanol–water partition coefficient (Wildman–Crippen LogP) is 4.18. The molecule has 0 radical (unpaired) electrons. The molecule has 2 N–H and O–H groups in total. The fourth-order valence-electron chi connectivity index (χ4n) is 2.71. The van der Waals surface area contributed by atoms with E-state index in [9.17, 15) is 13.2 Å². The number of aromatic nitrogens is 4. The second kappa shape index (κ2) is 10.2. The molecule has 34 heavy (non-hydrogen) atoms. The summed E-state index contributed by atoms with van der Waals surface area (Å²) in [6, 6.07) is 17.3. The number of sulfonamides is 1. The van der Waals surface area contributed by atoms with Gasteiger partial charge < -0.3 is 10.1 Å². The molecule has 0 bridgehead atoms. The van der Waals surface area contributed by atoms with Crippen LogP contribution in [0.4, 0.5) is 11.5 Å². The van der Waals surface area contributed by atoms with Crippen molar-refractivity contribution in [3.8, 4) is 5.75 Å². The Kier molecular flexibility index (Phi) is 7.10. The van der Waals surface area contributed by atoms with Gasteiger partial charge in [-0.25, -0.2) is 13.1 Å². The van der Waals surface area contributed by atoms with Gasteiger partial charge in [0.2, 0.25) is 0 Å². The van der Waals surface area contributed by atoms with Gasteiger partial charge in [-0.3, -0.25) is 9.52 Å². The summed E-state index contributed by atoms with van der Waals surface area (Å²) >= 11 is 9.01. The first-order valence-electron chi connectivity index (χ1n) is 9.64. The number of hydrogen-bond donors (Lipinski definition) is 2. The first-order valence-corrected chi connectivity index (χ1v) is 12.3. The van der Waals surface area contributed by atoms with Crippen molar-refractivity contribution < 1.29 is 17.9 Å². The second-order valence-corrected chi connectivity index (χ2v) is 9.78. The van der Waals surface area contributed by atoms with Crippen molar-refractivity contribution in [1.29, 1.82) is 0 Å². The van der Waals surface area contributed by atoms with E-state index in [1.807, 2.05) is 24.3 Å². The molecule has 2 aromatic carbocycles. The highest BCUT2D eigenvalue weighted by atomic mass is 79.9. The summed E-state index contributed by atoms with van der Waals surface area (Å²) in [5, 5.41) is 14.3. The zero-order chi connectivity index (χ0) is 24.1. The number of amides is 1. The van der Waals surface area contributed by atoms with Crippen molar-refractivity contribution in [2.75, 3.05) is 10.0 Å². The van der Waals surface area contributed by atoms with Crippen LogP contribution in [0.1, 0.15) is 10.5 Å². The molecule has 0 unspecified atom stereocenters. The van der Waals surface area contributed by atoms with Crippen LogP contribution in [0.15, 0.2) is 82.3 Å². The number of anilines is 2. The van der Waals surface area contributed by atoms with Gasteiger partial charge in [0, 0.05) is 16.4 Å². The van der Waals surface area contributed by atoms with Gasteiger partial charge in [-0.2, -0.15) is 5.10 Å². The average molecular weight is 564 g/mol. The largest absolute Gasteiger partial charge is 0.471 e. The average Bonchev–Trinajstić information content (AvgIpc) is 3.30. The Morgan fingerprint density at radius 1 is 1.00 bits per heavy atom. The van der Waals surface area contributed by atoms with Gasteiger partial charge >= 0.3 is 0 Å². The third-order valence-corrected chi connectivity index (χ3v) is 6.44. The lowest BCUT2D eigenvalue weighted by atomic mass is 10.3. The van der Waals surface area contributed by atoms with Crippen molar-refractivity contribution in [2.24, 2.45) is 0 Å². The Morgan fingerprint density at radius 3 is 2.41 bits per heavy atom. The van der Waals surface area contributed by atoms with Gasteiger partial charge in [0.1, 0.15) is 5.75 Å². The molecule has 0 aliphatic carbocycles. The van der Waals surface area contributed by atoms with E-state index in [2.05, 4.69) is 41.3 Å². The van der Waals surface area contributed by atoms with Crippen molar-refractivity contribution >= 4 is 55.0 Å². The number of carbonyl (C=O) groups is 1. The maximum Gasteiger partial charge on any atom is 0.276 e. The molecule has 4 aromatic rings. The molecule has 0 aliphatic rings. The maximum atomic E-state index is 12.5. The Balaban J connectivity index is 1.35. The monoisotopic (exact) mass is 562 g/mol. The van der Waals surface area contributed by atoms with Gasteiger partial charge in [0.05, 0.1) is 4.90 Å². The first kappa shape index (κ1) is 23.7. The molecule has 0 aliphatic heterocycles. The van der Waals surface area contributed by atoms with Crippen molar-refractivity contribution in [3.63, 3.8) is 0 Å². The van der Waals surface area contributed by atoms with Crippen LogP contribution < -0.4 is 14.8 Å². The lowest BCUT2D eigenvalue weighted by molar-refractivity contribution is 0.102. The van der Waals surface area contributed by atoms with Crippen LogP contribution in [0, 0.1) is 0 Å². The fourth-order valence-corrected chi connectivity index (χ4v) is 4.07. The van der Waals surface area contributed by atoms with Crippen LogP contribution in [-0.4, -0.2) is 34.3 Å². The molecule has 174 valence electrons. The summed E-state index contributed by atoms with van der Waals surface area (Å²) < 4.78 is 35.3. The van der Waals surface area contributed by atoms with Crippen molar-refractivity contribution in [2.45, 2.75) is 11.6 Å².